The average Bonchev–Trinajstić information content (AvgIpc) is 2.29. The number of rotatable bonds is 2. The van der Waals surface area contributed by atoms with Crippen LogP contribution in [0.3, 0.4) is 0 Å². The maximum absolute atomic E-state index is 13.2. The van der Waals surface area contributed by atoms with Crippen LogP contribution in [0.25, 0.3) is 0 Å². The maximum Gasteiger partial charge on any atom is 0.339 e. The van der Waals surface area contributed by atoms with Crippen LogP contribution in [0.15, 0.2) is 12.1 Å². The molecule has 0 saturated heterocycles. The summed E-state index contributed by atoms with van der Waals surface area (Å²) in [6.07, 6.45) is 0. The first-order chi connectivity index (χ1) is 7.51. The number of hydrogen-bond donors (Lipinski definition) is 0. The van der Waals surface area contributed by atoms with Gasteiger partial charge in [0.2, 0.25) is 0 Å². The van der Waals surface area contributed by atoms with Crippen LogP contribution in [0, 0.1) is 9.39 Å². The third kappa shape index (κ3) is 2.49. The highest BCUT2D eigenvalue weighted by Crippen LogP contribution is 2.21. The Balaban J connectivity index is 3.37. The topological polar surface area (TPSA) is 52.6 Å². The molecule has 6 heteroatoms. The SMILES string of the molecule is COC(=O)c1cc(F)cc(C(=O)OC)c1I. The van der Waals surface area contributed by atoms with Gasteiger partial charge in [0.25, 0.3) is 0 Å². The minimum absolute atomic E-state index is 0.00324. The van der Waals surface area contributed by atoms with Crippen LogP contribution in [0.4, 0.5) is 4.39 Å². The lowest BCUT2D eigenvalue weighted by Crippen LogP contribution is -2.11. The van der Waals surface area contributed by atoms with E-state index in [-0.39, 0.29) is 11.1 Å². The standard InChI is InChI=1S/C10H8FIO4/c1-15-9(13)6-3-5(11)4-7(8(6)12)10(14)16-2/h3-4H,1-2H3. The van der Waals surface area contributed by atoms with Crippen LogP contribution in [0.1, 0.15) is 20.7 Å². The van der Waals surface area contributed by atoms with Gasteiger partial charge in [0.15, 0.2) is 0 Å². The van der Waals surface area contributed by atoms with Gasteiger partial charge in [-0.25, -0.2) is 14.0 Å². The van der Waals surface area contributed by atoms with Crippen molar-refractivity contribution >= 4 is 34.5 Å². The molecule has 0 aromatic heterocycles. The largest absolute Gasteiger partial charge is 0.465 e. The smallest absolute Gasteiger partial charge is 0.339 e. The minimum atomic E-state index is -0.700. The van der Waals surface area contributed by atoms with Crippen LogP contribution in [0.2, 0.25) is 0 Å². The van der Waals surface area contributed by atoms with Crippen molar-refractivity contribution in [2.45, 2.75) is 0 Å². The zero-order chi connectivity index (χ0) is 12.3. The van der Waals surface area contributed by atoms with Gasteiger partial charge >= 0.3 is 11.9 Å². The van der Waals surface area contributed by atoms with Crippen molar-refractivity contribution in [3.63, 3.8) is 0 Å². The second-order valence-electron chi connectivity index (χ2n) is 2.80. The molecule has 0 aliphatic rings. The van der Waals surface area contributed by atoms with Crippen LogP contribution < -0.4 is 0 Å². The molecule has 0 amide bonds. The Hall–Kier alpha value is -1.18. The van der Waals surface area contributed by atoms with Crippen molar-refractivity contribution < 1.29 is 23.5 Å². The molecule has 1 rings (SSSR count). The number of carbonyl (C=O) groups is 2. The van der Waals surface area contributed by atoms with Crippen molar-refractivity contribution in [3.8, 4) is 0 Å². The van der Waals surface area contributed by atoms with Gasteiger partial charge in [0.05, 0.1) is 25.3 Å². The van der Waals surface area contributed by atoms with Crippen LogP contribution in [-0.4, -0.2) is 26.2 Å². The second kappa shape index (κ2) is 5.24. The average molecular weight is 338 g/mol. The van der Waals surface area contributed by atoms with Gasteiger partial charge in [-0.3, -0.25) is 0 Å². The zero-order valence-electron chi connectivity index (χ0n) is 8.54. The lowest BCUT2D eigenvalue weighted by molar-refractivity contribution is 0.0595. The molecule has 0 atom stereocenters. The van der Waals surface area contributed by atoms with E-state index in [0.29, 0.717) is 3.57 Å². The molecule has 1 aromatic carbocycles. The molecule has 0 heterocycles. The molecule has 0 fully saturated rings. The highest BCUT2D eigenvalue weighted by atomic mass is 127. The predicted octanol–water partition coefficient (Wildman–Crippen LogP) is 2.00. The number of halogens is 2. The molecule has 0 aliphatic heterocycles. The number of methoxy groups -OCH3 is 2. The van der Waals surface area contributed by atoms with Crippen molar-refractivity contribution in [1.82, 2.24) is 0 Å². The Morgan fingerprint density at radius 2 is 1.50 bits per heavy atom. The first-order valence-electron chi connectivity index (χ1n) is 4.17. The molecule has 86 valence electrons. The quantitative estimate of drug-likeness (QED) is 0.612. The van der Waals surface area contributed by atoms with Gasteiger partial charge in [-0.1, -0.05) is 0 Å². The summed E-state index contributed by atoms with van der Waals surface area (Å²) >= 11 is 1.77. The molecule has 0 bridgehead atoms. The number of hydrogen-bond acceptors (Lipinski definition) is 4. The molecule has 0 aliphatic carbocycles. The second-order valence-corrected chi connectivity index (χ2v) is 3.88. The fraction of sp³-hybridized carbons (Fsp3) is 0.200. The summed E-state index contributed by atoms with van der Waals surface area (Å²) in [7, 11) is 2.36. The normalized spacial score (nSPS) is 9.75. The van der Waals surface area contributed by atoms with E-state index in [1.807, 2.05) is 0 Å². The molecule has 0 saturated carbocycles. The van der Waals surface area contributed by atoms with Gasteiger partial charge in [-0.15, -0.1) is 0 Å². The summed E-state index contributed by atoms with van der Waals surface area (Å²) < 4.78 is 22.4. The monoisotopic (exact) mass is 338 g/mol. The van der Waals surface area contributed by atoms with Crippen molar-refractivity contribution in [1.29, 1.82) is 0 Å². The van der Waals surface area contributed by atoms with Gasteiger partial charge in [0.1, 0.15) is 5.82 Å². The zero-order valence-corrected chi connectivity index (χ0v) is 10.7. The number of benzene rings is 1. The van der Waals surface area contributed by atoms with E-state index in [1.54, 1.807) is 22.6 Å². The van der Waals surface area contributed by atoms with Gasteiger partial charge in [0, 0.05) is 3.57 Å². The van der Waals surface area contributed by atoms with E-state index in [0.717, 1.165) is 12.1 Å². The molecule has 1 aromatic rings. The molecular formula is C10H8FIO4. The summed E-state index contributed by atoms with van der Waals surface area (Å²) in [6, 6.07) is 2.03. The lowest BCUT2D eigenvalue weighted by Gasteiger charge is -2.07. The molecule has 0 radical (unpaired) electrons. The number of ether oxygens (including phenoxy) is 2. The van der Waals surface area contributed by atoms with Crippen molar-refractivity contribution in [3.05, 3.63) is 32.6 Å². The van der Waals surface area contributed by atoms with E-state index in [2.05, 4.69) is 9.47 Å². The Bertz CT molecular complexity index is 407. The third-order valence-corrected chi connectivity index (χ3v) is 3.01. The predicted molar refractivity (Wildman–Crippen MR) is 61.8 cm³/mol. The van der Waals surface area contributed by atoms with Crippen molar-refractivity contribution in [2.24, 2.45) is 0 Å². The van der Waals surface area contributed by atoms with E-state index in [9.17, 15) is 14.0 Å². The van der Waals surface area contributed by atoms with Crippen molar-refractivity contribution in [2.75, 3.05) is 14.2 Å². The molecule has 0 N–H and O–H groups in total. The summed E-state index contributed by atoms with van der Waals surface area (Å²) in [5.41, 5.74) is 0.00648. The fourth-order valence-electron chi connectivity index (χ4n) is 1.11. The molecule has 0 spiro atoms. The molecule has 16 heavy (non-hydrogen) atoms. The fourth-order valence-corrected chi connectivity index (χ4v) is 1.86. The van der Waals surface area contributed by atoms with Crippen LogP contribution in [0.5, 0.6) is 0 Å². The summed E-state index contributed by atoms with van der Waals surface area (Å²) in [4.78, 5) is 22.6. The summed E-state index contributed by atoms with van der Waals surface area (Å²) in [6.45, 7) is 0. The van der Waals surface area contributed by atoms with E-state index >= 15 is 0 Å². The highest BCUT2D eigenvalue weighted by Gasteiger charge is 2.20. The first kappa shape index (κ1) is 12.9. The summed E-state index contributed by atoms with van der Waals surface area (Å²) in [5, 5.41) is 0. The third-order valence-electron chi connectivity index (χ3n) is 1.85. The Labute approximate surface area is 105 Å². The Morgan fingerprint density at radius 1 is 1.12 bits per heavy atom. The van der Waals surface area contributed by atoms with Gasteiger partial charge < -0.3 is 9.47 Å². The van der Waals surface area contributed by atoms with Gasteiger partial charge in [-0.2, -0.15) is 0 Å². The van der Waals surface area contributed by atoms with E-state index < -0.39 is 17.8 Å². The van der Waals surface area contributed by atoms with Gasteiger partial charge in [-0.05, 0) is 34.7 Å². The Morgan fingerprint density at radius 3 is 1.81 bits per heavy atom. The first-order valence-corrected chi connectivity index (χ1v) is 5.24. The Kier molecular flexibility index (Phi) is 4.22. The molecule has 0 unspecified atom stereocenters. The number of esters is 2. The minimum Gasteiger partial charge on any atom is -0.465 e. The molecule has 4 nitrogen and oxygen atoms in total. The molecular weight excluding hydrogens is 330 g/mol. The van der Waals surface area contributed by atoms with Crippen LogP contribution in [-0.2, 0) is 9.47 Å². The van der Waals surface area contributed by atoms with Crippen LogP contribution >= 0.6 is 22.6 Å². The lowest BCUT2D eigenvalue weighted by atomic mass is 10.1. The summed E-state index contributed by atoms with van der Waals surface area (Å²) in [5.74, 6) is -2.09. The van der Waals surface area contributed by atoms with E-state index in [1.165, 1.54) is 14.2 Å². The highest BCUT2D eigenvalue weighted by molar-refractivity contribution is 14.1. The maximum atomic E-state index is 13.2. The number of carbonyl (C=O) groups excluding carboxylic acids is 2. The van der Waals surface area contributed by atoms with E-state index in [4.69, 9.17) is 0 Å².